The van der Waals surface area contributed by atoms with Crippen molar-refractivity contribution >= 4 is 28.3 Å². The van der Waals surface area contributed by atoms with E-state index in [9.17, 15) is 9.59 Å². The van der Waals surface area contributed by atoms with Crippen molar-refractivity contribution in [1.29, 1.82) is 0 Å². The Labute approximate surface area is 103 Å². The van der Waals surface area contributed by atoms with Crippen molar-refractivity contribution in [2.24, 2.45) is 5.73 Å². The number of carbonyl (C=O) groups excluding carboxylic acids is 1. The highest BCUT2D eigenvalue weighted by molar-refractivity contribution is 7.13. The lowest BCUT2D eigenvalue weighted by Gasteiger charge is -2.15. The summed E-state index contributed by atoms with van der Waals surface area (Å²) in [5.74, 6) is -1.31. The number of nitrogens with two attached hydrogens (primary N) is 1. The van der Waals surface area contributed by atoms with Gasteiger partial charge in [-0.05, 0) is 13.8 Å². The number of carbonyl (C=O) groups is 2. The molecule has 0 radical (unpaired) electrons. The molecule has 1 aromatic heterocycles. The SMILES string of the molecule is CC(C)(C(=O)O)c1csc(NCCC(N)=O)n1. The van der Waals surface area contributed by atoms with Crippen LogP contribution in [0.2, 0.25) is 0 Å². The fourth-order valence-corrected chi connectivity index (χ4v) is 1.95. The van der Waals surface area contributed by atoms with Gasteiger partial charge in [0.1, 0.15) is 5.41 Å². The molecular formula is C10H15N3O3S. The van der Waals surface area contributed by atoms with Crippen LogP contribution in [-0.2, 0) is 15.0 Å². The zero-order valence-electron chi connectivity index (χ0n) is 9.69. The molecule has 0 bridgehead atoms. The molecule has 0 aliphatic carbocycles. The molecule has 1 heterocycles. The van der Waals surface area contributed by atoms with E-state index in [1.165, 1.54) is 11.3 Å². The van der Waals surface area contributed by atoms with Crippen LogP contribution in [-0.4, -0.2) is 28.5 Å². The van der Waals surface area contributed by atoms with E-state index in [2.05, 4.69) is 10.3 Å². The number of carboxylic acid groups (broad SMARTS) is 1. The zero-order chi connectivity index (χ0) is 13.1. The van der Waals surface area contributed by atoms with Crippen molar-refractivity contribution in [3.8, 4) is 0 Å². The van der Waals surface area contributed by atoms with Crippen LogP contribution in [0.25, 0.3) is 0 Å². The highest BCUT2D eigenvalue weighted by atomic mass is 32.1. The Bertz CT molecular complexity index is 428. The number of hydrogen-bond donors (Lipinski definition) is 3. The summed E-state index contributed by atoms with van der Waals surface area (Å²) in [5.41, 5.74) is 4.48. The average molecular weight is 257 g/mol. The highest BCUT2D eigenvalue weighted by Crippen LogP contribution is 2.27. The van der Waals surface area contributed by atoms with E-state index in [0.29, 0.717) is 17.4 Å². The van der Waals surface area contributed by atoms with Crippen LogP contribution in [0.1, 0.15) is 26.0 Å². The van der Waals surface area contributed by atoms with Crippen molar-refractivity contribution in [2.75, 3.05) is 11.9 Å². The average Bonchev–Trinajstić information content (AvgIpc) is 2.66. The summed E-state index contributed by atoms with van der Waals surface area (Å²) < 4.78 is 0. The highest BCUT2D eigenvalue weighted by Gasteiger charge is 2.32. The number of primary amides is 1. The predicted molar refractivity (Wildman–Crippen MR) is 65.1 cm³/mol. The largest absolute Gasteiger partial charge is 0.481 e. The Balaban J connectivity index is 2.65. The predicted octanol–water partition coefficient (Wildman–Crippen LogP) is 0.793. The van der Waals surface area contributed by atoms with Gasteiger partial charge in [0.15, 0.2) is 5.13 Å². The molecule has 0 aliphatic heterocycles. The Morgan fingerprint density at radius 3 is 2.76 bits per heavy atom. The molecule has 0 fully saturated rings. The summed E-state index contributed by atoms with van der Waals surface area (Å²) in [5, 5.41) is 14.2. The first-order valence-corrected chi connectivity index (χ1v) is 5.93. The summed E-state index contributed by atoms with van der Waals surface area (Å²) in [7, 11) is 0. The Kier molecular flexibility index (Phi) is 4.06. The van der Waals surface area contributed by atoms with Crippen LogP contribution in [0.5, 0.6) is 0 Å². The van der Waals surface area contributed by atoms with Gasteiger partial charge in [-0.2, -0.15) is 0 Å². The fraction of sp³-hybridized carbons (Fsp3) is 0.500. The van der Waals surface area contributed by atoms with Crippen LogP contribution in [0, 0.1) is 0 Å². The van der Waals surface area contributed by atoms with Crippen LogP contribution in [0.3, 0.4) is 0 Å². The smallest absolute Gasteiger partial charge is 0.315 e. The molecule has 0 unspecified atom stereocenters. The molecule has 0 spiro atoms. The molecule has 1 rings (SSSR count). The summed E-state index contributed by atoms with van der Waals surface area (Å²) in [6, 6.07) is 0. The third-order valence-corrected chi connectivity index (χ3v) is 3.13. The molecule has 17 heavy (non-hydrogen) atoms. The minimum absolute atomic E-state index is 0.219. The number of aliphatic carboxylic acids is 1. The van der Waals surface area contributed by atoms with Gasteiger partial charge in [0, 0.05) is 18.3 Å². The number of nitrogens with zero attached hydrogens (tertiary/aromatic N) is 1. The first kappa shape index (κ1) is 13.4. The van der Waals surface area contributed by atoms with E-state index >= 15 is 0 Å². The number of aromatic nitrogens is 1. The Hall–Kier alpha value is -1.63. The van der Waals surface area contributed by atoms with Gasteiger partial charge in [-0.25, -0.2) is 4.98 Å². The van der Waals surface area contributed by atoms with Crippen molar-refractivity contribution in [3.63, 3.8) is 0 Å². The minimum atomic E-state index is -1.01. The van der Waals surface area contributed by atoms with Crippen LogP contribution in [0.15, 0.2) is 5.38 Å². The third kappa shape index (κ3) is 3.42. The molecule has 7 heteroatoms. The molecule has 0 saturated carbocycles. The van der Waals surface area contributed by atoms with E-state index < -0.39 is 11.4 Å². The van der Waals surface area contributed by atoms with Crippen LogP contribution < -0.4 is 11.1 Å². The maximum atomic E-state index is 11.0. The number of amides is 1. The first-order chi connectivity index (χ1) is 7.84. The fourth-order valence-electron chi connectivity index (χ4n) is 1.04. The third-order valence-electron chi connectivity index (χ3n) is 2.33. The number of anilines is 1. The van der Waals surface area contributed by atoms with Crippen molar-refractivity contribution < 1.29 is 14.7 Å². The topological polar surface area (TPSA) is 105 Å². The van der Waals surface area contributed by atoms with Gasteiger partial charge in [0.05, 0.1) is 5.69 Å². The second-order valence-corrected chi connectivity index (χ2v) is 4.97. The summed E-state index contributed by atoms with van der Waals surface area (Å²) in [6.07, 6.45) is 0.219. The molecule has 0 aromatic carbocycles. The molecule has 0 saturated heterocycles. The van der Waals surface area contributed by atoms with Crippen LogP contribution >= 0.6 is 11.3 Å². The van der Waals surface area contributed by atoms with Gasteiger partial charge < -0.3 is 16.2 Å². The lowest BCUT2D eigenvalue weighted by molar-refractivity contribution is -0.142. The minimum Gasteiger partial charge on any atom is -0.481 e. The van der Waals surface area contributed by atoms with E-state index in [0.717, 1.165) is 0 Å². The molecule has 0 atom stereocenters. The standard InChI is InChI=1S/C10H15N3O3S/c1-10(2,8(15)16)6-5-17-9(13-6)12-4-3-7(11)14/h5H,3-4H2,1-2H3,(H2,11,14)(H,12,13)(H,15,16). The molecule has 1 amide bonds. The maximum absolute atomic E-state index is 11.0. The van der Waals surface area contributed by atoms with Gasteiger partial charge >= 0.3 is 5.97 Å². The first-order valence-electron chi connectivity index (χ1n) is 5.05. The maximum Gasteiger partial charge on any atom is 0.315 e. The molecule has 94 valence electrons. The van der Waals surface area contributed by atoms with Crippen molar-refractivity contribution in [1.82, 2.24) is 4.98 Å². The second kappa shape index (κ2) is 5.13. The number of hydrogen-bond acceptors (Lipinski definition) is 5. The molecule has 6 nitrogen and oxygen atoms in total. The van der Waals surface area contributed by atoms with E-state index in [-0.39, 0.29) is 12.3 Å². The summed E-state index contributed by atoms with van der Waals surface area (Å²) >= 11 is 1.31. The van der Waals surface area contributed by atoms with E-state index in [1.54, 1.807) is 19.2 Å². The molecule has 1 aromatic rings. The number of carboxylic acids is 1. The van der Waals surface area contributed by atoms with Gasteiger partial charge in [-0.15, -0.1) is 11.3 Å². The van der Waals surface area contributed by atoms with Crippen molar-refractivity contribution in [2.45, 2.75) is 25.7 Å². The number of thiazole rings is 1. The Morgan fingerprint density at radius 1 is 1.59 bits per heavy atom. The summed E-state index contributed by atoms with van der Waals surface area (Å²) in [6.45, 7) is 3.59. The second-order valence-electron chi connectivity index (χ2n) is 4.11. The lowest BCUT2D eigenvalue weighted by Crippen LogP contribution is -2.28. The van der Waals surface area contributed by atoms with Gasteiger partial charge in [-0.1, -0.05) is 0 Å². The number of nitrogens with one attached hydrogen (secondary N) is 1. The quantitative estimate of drug-likeness (QED) is 0.698. The molecule has 0 aliphatic rings. The van der Waals surface area contributed by atoms with Crippen molar-refractivity contribution in [3.05, 3.63) is 11.1 Å². The van der Waals surface area contributed by atoms with Gasteiger partial charge in [0.25, 0.3) is 0 Å². The van der Waals surface area contributed by atoms with Gasteiger partial charge in [0.2, 0.25) is 5.91 Å². The lowest BCUT2D eigenvalue weighted by atomic mass is 9.90. The van der Waals surface area contributed by atoms with Gasteiger partial charge in [-0.3, -0.25) is 9.59 Å². The van der Waals surface area contributed by atoms with E-state index in [4.69, 9.17) is 10.8 Å². The molecular weight excluding hydrogens is 242 g/mol. The monoisotopic (exact) mass is 257 g/mol. The summed E-state index contributed by atoms with van der Waals surface area (Å²) in [4.78, 5) is 25.7. The zero-order valence-corrected chi connectivity index (χ0v) is 10.5. The van der Waals surface area contributed by atoms with Crippen LogP contribution in [0.4, 0.5) is 5.13 Å². The normalized spacial score (nSPS) is 11.2. The van der Waals surface area contributed by atoms with E-state index in [1.807, 2.05) is 0 Å². The number of rotatable bonds is 6. The molecule has 4 N–H and O–H groups in total. The Morgan fingerprint density at radius 2 is 2.24 bits per heavy atom.